The maximum atomic E-state index is 12.6. The molecule has 1 fully saturated rings. The highest BCUT2D eigenvalue weighted by Crippen LogP contribution is 2.30. The van der Waals surface area contributed by atoms with Crippen molar-refractivity contribution in [3.8, 4) is 0 Å². The number of carbonyl (C=O) groups excluding carboxylic acids is 2. The average molecular weight is 345 g/mol. The number of anilines is 1. The van der Waals surface area contributed by atoms with Gasteiger partial charge in [-0.15, -0.1) is 0 Å². The van der Waals surface area contributed by atoms with E-state index in [2.05, 4.69) is 36.1 Å². The third kappa shape index (κ3) is 2.86. The fourth-order valence-corrected chi connectivity index (χ4v) is 3.46. The molecule has 1 aliphatic heterocycles. The number of nitrogens with zero attached hydrogens (tertiary/aromatic N) is 2. The summed E-state index contributed by atoms with van der Waals surface area (Å²) in [6, 6.07) is 8.42. The second-order valence-electron chi connectivity index (χ2n) is 6.38. The Balaban J connectivity index is 1.76. The lowest BCUT2D eigenvalue weighted by Crippen LogP contribution is -2.48. The Bertz CT molecular complexity index is 754. The van der Waals surface area contributed by atoms with Crippen LogP contribution in [0.5, 0.6) is 0 Å². The molecule has 1 heterocycles. The SMILES string of the molecule is CC1=C(C)C(=O)C(N2CCN(c3ccc(C)cc3)CC2)=C(Cl)C1=O. The minimum Gasteiger partial charge on any atom is -0.368 e. The lowest BCUT2D eigenvalue weighted by atomic mass is 9.93. The third-order valence-corrected chi connectivity index (χ3v) is 5.21. The first-order valence-electron chi connectivity index (χ1n) is 8.13. The number of Topliss-reactive ketones (excluding diaryl/α,β-unsaturated/α-hetero) is 2. The van der Waals surface area contributed by atoms with E-state index in [0.29, 0.717) is 29.9 Å². The zero-order chi connectivity index (χ0) is 17.4. The van der Waals surface area contributed by atoms with Crippen molar-refractivity contribution in [3.63, 3.8) is 0 Å². The minimum atomic E-state index is -0.232. The van der Waals surface area contributed by atoms with Crippen LogP contribution in [0, 0.1) is 6.92 Å². The Kier molecular flexibility index (Phi) is 4.50. The fraction of sp³-hybridized carbons (Fsp3) is 0.368. The van der Waals surface area contributed by atoms with Crippen molar-refractivity contribution in [1.29, 1.82) is 0 Å². The van der Waals surface area contributed by atoms with Crippen molar-refractivity contribution < 1.29 is 9.59 Å². The normalized spacial score (nSPS) is 19.5. The number of carbonyl (C=O) groups is 2. The van der Waals surface area contributed by atoms with Crippen LogP contribution in [0.1, 0.15) is 19.4 Å². The third-order valence-electron chi connectivity index (χ3n) is 4.86. The number of allylic oxidation sites excluding steroid dienone is 3. The minimum absolute atomic E-state index is 0.0619. The summed E-state index contributed by atoms with van der Waals surface area (Å²) in [6.07, 6.45) is 0. The molecule has 0 aromatic heterocycles. The van der Waals surface area contributed by atoms with Gasteiger partial charge >= 0.3 is 0 Å². The molecule has 4 nitrogen and oxygen atoms in total. The molecule has 126 valence electrons. The topological polar surface area (TPSA) is 40.6 Å². The molecule has 3 rings (SSSR count). The van der Waals surface area contributed by atoms with Crippen LogP contribution < -0.4 is 4.90 Å². The summed E-state index contributed by atoms with van der Waals surface area (Å²) >= 11 is 6.21. The van der Waals surface area contributed by atoms with Crippen molar-refractivity contribution in [2.75, 3.05) is 31.1 Å². The largest absolute Gasteiger partial charge is 0.368 e. The van der Waals surface area contributed by atoms with Crippen molar-refractivity contribution in [2.45, 2.75) is 20.8 Å². The standard InChI is InChI=1S/C19H21ClN2O2/c1-12-4-6-15(7-5-12)21-8-10-22(11-9-21)17-16(20)18(23)13(2)14(3)19(17)24/h4-7H,8-11H2,1-3H3. The summed E-state index contributed by atoms with van der Waals surface area (Å²) < 4.78 is 0. The van der Waals surface area contributed by atoms with E-state index in [1.54, 1.807) is 13.8 Å². The Morgan fingerprint density at radius 1 is 0.792 bits per heavy atom. The van der Waals surface area contributed by atoms with Gasteiger partial charge in [-0.25, -0.2) is 0 Å². The van der Waals surface area contributed by atoms with Gasteiger partial charge in [0, 0.05) is 43.0 Å². The number of halogens is 1. The molecule has 0 spiro atoms. The molecule has 24 heavy (non-hydrogen) atoms. The van der Waals surface area contributed by atoms with Gasteiger partial charge in [-0.2, -0.15) is 0 Å². The second-order valence-corrected chi connectivity index (χ2v) is 6.76. The quantitative estimate of drug-likeness (QED) is 0.773. The Morgan fingerprint density at radius 3 is 1.88 bits per heavy atom. The maximum Gasteiger partial charge on any atom is 0.206 e. The Morgan fingerprint density at radius 2 is 1.29 bits per heavy atom. The van der Waals surface area contributed by atoms with E-state index in [0.717, 1.165) is 13.1 Å². The first-order valence-corrected chi connectivity index (χ1v) is 8.51. The second kappa shape index (κ2) is 6.44. The van der Waals surface area contributed by atoms with Gasteiger partial charge < -0.3 is 9.80 Å². The zero-order valence-electron chi connectivity index (χ0n) is 14.2. The van der Waals surface area contributed by atoms with Gasteiger partial charge in [0.25, 0.3) is 0 Å². The Hall–Kier alpha value is -2.07. The monoisotopic (exact) mass is 344 g/mol. The number of benzene rings is 1. The fourth-order valence-electron chi connectivity index (χ4n) is 3.12. The van der Waals surface area contributed by atoms with E-state index in [1.807, 2.05) is 4.90 Å². The van der Waals surface area contributed by atoms with Gasteiger partial charge in [-0.1, -0.05) is 29.3 Å². The molecule has 1 saturated heterocycles. The predicted octanol–water partition coefficient (Wildman–Crippen LogP) is 3.06. The van der Waals surface area contributed by atoms with E-state index in [9.17, 15) is 9.59 Å². The van der Waals surface area contributed by atoms with Crippen LogP contribution >= 0.6 is 11.6 Å². The average Bonchev–Trinajstić information content (AvgIpc) is 2.60. The molecular weight excluding hydrogens is 324 g/mol. The maximum absolute atomic E-state index is 12.6. The van der Waals surface area contributed by atoms with Crippen LogP contribution in [0.25, 0.3) is 0 Å². The van der Waals surface area contributed by atoms with Crippen LogP contribution in [-0.4, -0.2) is 42.6 Å². The van der Waals surface area contributed by atoms with Crippen LogP contribution in [-0.2, 0) is 9.59 Å². The lowest BCUT2D eigenvalue weighted by Gasteiger charge is -2.39. The predicted molar refractivity (Wildman–Crippen MR) is 96.2 cm³/mol. The first kappa shape index (κ1) is 16.8. The van der Waals surface area contributed by atoms with E-state index >= 15 is 0 Å². The smallest absolute Gasteiger partial charge is 0.206 e. The number of piperazine rings is 1. The number of ketones is 2. The molecule has 1 aliphatic carbocycles. The van der Waals surface area contributed by atoms with Crippen LogP contribution in [0.4, 0.5) is 5.69 Å². The molecule has 0 bridgehead atoms. The van der Waals surface area contributed by atoms with Crippen molar-refractivity contribution >= 4 is 28.9 Å². The molecule has 1 aromatic rings. The van der Waals surface area contributed by atoms with Crippen LogP contribution in [0.3, 0.4) is 0 Å². The van der Waals surface area contributed by atoms with Crippen molar-refractivity contribution in [3.05, 3.63) is 51.7 Å². The summed E-state index contributed by atoms with van der Waals surface area (Å²) in [7, 11) is 0. The summed E-state index contributed by atoms with van der Waals surface area (Å²) in [5.41, 5.74) is 3.73. The number of aryl methyl sites for hydroxylation is 1. The molecule has 0 saturated carbocycles. The molecule has 0 N–H and O–H groups in total. The van der Waals surface area contributed by atoms with Gasteiger partial charge in [0.05, 0.1) is 0 Å². The van der Waals surface area contributed by atoms with Crippen LogP contribution in [0.2, 0.25) is 0 Å². The zero-order valence-corrected chi connectivity index (χ0v) is 15.0. The summed E-state index contributed by atoms with van der Waals surface area (Å²) in [5, 5.41) is 0.0619. The van der Waals surface area contributed by atoms with Gasteiger partial charge in [-0.3, -0.25) is 9.59 Å². The summed E-state index contributed by atoms with van der Waals surface area (Å²) in [5.74, 6) is -0.356. The number of hydrogen-bond acceptors (Lipinski definition) is 4. The molecule has 2 aliphatic rings. The summed E-state index contributed by atoms with van der Waals surface area (Å²) in [6.45, 7) is 8.35. The van der Waals surface area contributed by atoms with E-state index in [4.69, 9.17) is 11.6 Å². The van der Waals surface area contributed by atoms with Gasteiger partial charge in [0.15, 0.2) is 0 Å². The first-order chi connectivity index (χ1) is 11.4. The van der Waals surface area contributed by atoms with E-state index in [1.165, 1.54) is 11.3 Å². The van der Waals surface area contributed by atoms with E-state index < -0.39 is 0 Å². The highest BCUT2D eigenvalue weighted by molar-refractivity contribution is 6.49. The van der Waals surface area contributed by atoms with Crippen molar-refractivity contribution in [2.24, 2.45) is 0 Å². The number of hydrogen-bond donors (Lipinski definition) is 0. The van der Waals surface area contributed by atoms with Gasteiger partial charge in [-0.05, 0) is 32.9 Å². The molecule has 1 aromatic carbocycles. The number of rotatable bonds is 2. The molecule has 0 radical (unpaired) electrons. The summed E-state index contributed by atoms with van der Waals surface area (Å²) in [4.78, 5) is 29.0. The molecule has 5 heteroatoms. The Labute approximate surface area is 147 Å². The van der Waals surface area contributed by atoms with Gasteiger partial charge in [0.2, 0.25) is 11.6 Å². The molecule has 0 atom stereocenters. The molecule has 0 amide bonds. The molecule has 0 unspecified atom stereocenters. The highest BCUT2D eigenvalue weighted by Gasteiger charge is 2.34. The van der Waals surface area contributed by atoms with E-state index in [-0.39, 0.29) is 16.6 Å². The van der Waals surface area contributed by atoms with Crippen LogP contribution in [0.15, 0.2) is 46.1 Å². The highest BCUT2D eigenvalue weighted by atomic mass is 35.5. The van der Waals surface area contributed by atoms with Crippen molar-refractivity contribution in [1.82, 2.24) is 4.90 Å². The van der Waals surface area contributed by atoms with Gasteiger partial charge in [0.1, 0.15) is 10.7 Å². The lowest BCUT2D eigenvalue weighted by molar-refractivity contribution is -0.117. The molecular formula is C19H21ClN2O2.